The van der Waals surface area contributed by atoms with Gasteiger partial charge in [-0.05, 0) is 12.6 Å². The van der Waals surface area contributed by atoms with Gasteiger partial charge in [0.05, 0.1) is 6.04 Å². The first kappa shape index (κ1) is 13.3. The van der Waals surface area contributed by atoms with Gasteiger partial charge in [0.25, 0.3) is 0 Å². The number of likely N-dealkylation sites (N-methyl/N-ethyl adjacent to an activating group) is 1. The zero-order valence-electron chi connectivity index (χ0n) is 11.4. The molecule has 0 bridgehead atoms. The first-order valence-corrected chi connectivity index (χ1v) is 7.10. The molecule has 104 valence electrons. The molecule has 0 N–H and O–H groups in total. The molecule has 1 fully saturated rings. The van der Waals surface area contributed by atoms with Crippen LogP contribution in [0, 0.1) is 0 Å². The van der Waals surface area contributed by atoms with Crippen molar-refractivity contribution in [3.63, 3.8) is 0 Å². The molecule has 3 rings (SSSR count). The first-order chi connectivity index (χ1) is 9.75. The van der Waals surface area contributed by atoms with Crippen molar-refractivity contribution in [3.8, 4) is 0 Å². The summed E-state index contributed by atoms with van der Waals surface area (Å²) in [6.45, 7) is 2.85. The molecule has 0 radical (unpaired) electrons. The van der Waals surface area contributed by atoms with Crippen molar-refractivity contribution in [1.82, 2.24) is 14.9 Å². The van der Waals surface area contributed by atoms with E-state index in [4.69, 9.17) is 11.6 Å². The van der Waals surface area contributed by atoms with E-state index in [2.05, 4.69) is 51.1 Å². The lowest BCUT2D eigenvalue weighted by atomic mass is 10.0. The molecule has 1 aliphatic heterocycles. The van der Waals surface area contributed by atoms with Crippen LogP contribution in [-0.4, -0.2) is 41.5 Å². The average molecular weight is 289 g/mol. The Morgan fingerprint density at radius 3 is 2.60 bits per heavy atom. The van der Waals surface area contributed by atoms with Gasteiger partial charge < -0.3 is 9.80 Å². The quantitative estimate of drug-likeness (QED) is 0.850. The van der Waals surface area contributed by atoms with Crippen molar-refractivity contribution in [3.05, 3.63) is 53.4 Å². The van der Waals surface area contributed by atoms with Crippen LogP contribution < -0.4 is 4.90 Å². The largest absolute Gasteiger partial charge is 0.344 e. The molecule has 1 aliphatic rings. The van der Waals surface area contributed by atoms with Gasteiger partial charge in [0, 0.05) is 32.0 Å². The molecular weight excluding hydrogens is 272 g/mol. The molecule has 0 amide bonds. The van der Waals surface area contributed by atoms with Gasteiger partial charge in [0.15, 0.2) is 11.0 Å². The lowest BCUT2D eigenvalue weighted by Gasteiger charge is -2.41. The van der Waals surface area contributed by atoms with Crippen molar-refractivity contribution in [1.29, 1.82) is 0 Å². The highest BCUT2D eigenvalue weighted by Crippen LogP contribution is 2.31. The lowest BCUT2D eigenvalue weighted by Crippen LogP contribution is -2.47. The van der Waals surface area contributed by atoms with E-state index >= 15 is 0 Å². The molecule has 4 nitrogen and oxygen atoms in total. The van der Waals surface area contributed by atoms with Crippen LogP contribution in [0.15, 0.2) is 42.7 Å². The van der Waals surface area contributed by atoms with Crippen LogP contribution in [0.1, 0.15) is 11.6 Å². The first-order valence-electron chi connectivity index (χ1n) is 6.72. The van der Waals surface area contributed by atoms with Crippen molar-refractivity contribution < 1.29 is 0 Å². The van der Waals surface area contributed by atoms with Crippen LogP contribution in [-0.2, 0) is 0 Å². The highest BCUT2D eigenvalue weighted by molar-refractivity contribution is 6.31. The predicted octanol–water partition coefficient (Wildman–Crippen LogP) is 2.62. The van der Waals surface area contributed by atoms with Crippen LogP contribution in [0.25, 0.3) is 0 Å². The van der Waals surface area contributed by atoms with E-state index in [0.717, 1.165) is 25.5 Å². The summed E-state index contributed by atoms with van der Waals surface area (Å²) in [4.78, 5) is 13.2. The Bertz CT molecular complexity index is 575. The van der Waals surface area contributed by atoms with Crippen LogP contribution in [0.5, 0.6) is 0 Å². The zero-order valence-corrected chi connectivity index (χ0v) is 12.2. The molecular formula is C15H17ClN4. The van der Waals surface area contributed by atoms with Gasteiger partial charge in [-0.1, -0.05) is 41.9 Å². The van der Waals surface area contributed by atoms with Crippen LogP contribution in [0.2, 0.25) is 5.15 Å². The van der Waals surface area contributed by atoms with Crippen LogP contribution in [0.4, 0.5) is 5.82 Å². The van der Waals surface area contributed by atoms with E-state index < -0.39 is 0 Å². The number of piperazine rings is 1. The molecule has 0 spiro atoms. The molecule has 1 saturated heterocycles. The Hall–Kier alpha value is -1.65. The summed E-state index contributed by atoms with van der Waals surface area (Å²) >= 11 is 6.22. The normalized spacial score (nSPS) is 20.1. The summed E-state index contributed by atoms with van der Waals surface area (Å²) in [6.07, 6.45) is 3.32. The minimum atomic E-state index is 0.254. The number of hydrogen-bond donors (Lipinski definition) is 0. The predicted molar refractivity (Wildman–Crippen MR) is 81.1 cm³/mol. The molecule has 2 aromatic rings. The number of hydrogen-bond acceptors (Lipinski definition) is 4. The third-order valence-electron chi connectivity index (χ3n) is 3.68. The molecule has 0 saturated carbocycles. The smallest absolute Gasteiger partial charge is 0.171 e. The molecule has 1 aromatic heterocycles. The van der Waals surface area contributed by atoms with Crippen LogP contribution >= 0.6 is 11.6 Å². The van der Waals surface area contributed by atoms with Gasteiger partial charge in [0.2, 0.25) is 0 Å². The molecule has 1 atom stereocenters. The Labute approximate surface area is 124 Å². The number of benzene rings is 1. The zero-order chi connectivity index (χ0) is 13.9. The summed E-state index contributed by atoms with van der Waals surface area (Å²) in [5.41, 5.74) is 1.28. The lowest BCUT2D eigenvalue weighted by molar-refractivity contribution is 0.268. The van der Waals surface area contributed by atoms with Crippen molar-refractivity contribution in [2.75, 3.05) is 31.6 Å². The maximum atomic E-state index is 6.22. The number of halogens is 1. The number of nitrogens with zero attached hydrogens (tertiary/aromatic N) is 4. The standard InChI is InChI=1S/C15H17ClN4/c1-19-9-10-20(15-14(16)17-7-8-18-15)13(11-19)12-5-3-2-4-6-12/h2-8,13H,9-11H2,1H3. The summed E-state index contributed by atoms with van der Waals surface area (Å²) in [5, 5.41) is 0.470. The third-order valence-corrected chi connectivity index (χ3v) is 3.94. The van der Waals surface area contributed by atoms with Crippen molar-refractivity contribution in [2.45, 2.75) is 6.04 Å². The topological polar surface area (TPSA) is 32.3 Å². The van der Waals surface area contributed by atoms with E-state index in [1.54, 1.807) is 12.4 Å². The molecule has 2 heterocycles. The Kier molecular flexibility index (Phi) is 3.85. The second-order valence-electron chi connectivity index (χ2n) is 5.05. The van der Waals surface area contributed by atoms with E-state index in [-0.39, 0.29) is 6.04 Å². The molecule has 0 aliphatic carbocycles. The second-order valence-corrected chi connectivity index (χ2v) is 5.41. The monoisotopic (exact) mass is 288 g/mol. The van der Waals surface area contributed by atoms with Gasteiger partial charge in [-0.15, -0.1) is 0 Å². The molecule has 1 unspecified atom stereocenters. The fourth-order valence-electron chi connectivity index (χ4n) is 2.64. The van der Waals surface area contributed by atoms with Gasteiger partial charge in [0.1, 0.15) is 0 Å². The number of rotatable bonds is 2. The Morgan fingerprint density at radius 2 is 1.85 bits per heavy atom. The van der Waals surface area contributed by atoms with Crippen LogP contribution in [0.3, 0.4) is 0 Å². The number of anilines is 1. The Morgan fingerprint density at radius 1 is 1.10 bits per heavy atom. The maximum absolute atomic E-state index is 6.22. The van der Waals surface area contributed by atoms with Gasteiger partial charge in [-0.2, -0.15) is 0 Å². The highest BCUT2D eigenvalue weighted by atomic mass is 35.5. The van der Waals surface area contributed by atoms with Crippen molar-refractivity contribution in [2.24, 2.45) is 0 Å². The summed E-state index contributed by atoms with van der Waals surface area (Å²) in [7, 11) is 2.14. The molecule has 5 heteroatoms. The SMILES string of the molecule is CN1CCN(c2nccnc2Cl)C(c2ccccc2)C1. The molecule has 20 heavy (non-hydrogen) atoms. The maximum Gasteiger partial charge on any atom is 0.171 e. The fraction of sp³-hybridized carbons (Fsp3) is 0.333. The van der Waals surface area contributed by atoms with Gasteiger partial charge in [-0.3, -0.25) is 0 Å². The molecule has 1 aromatic carbocycles. The second kappa shape index (κ2) is 5.77. The van der Waals surface area contributed by atoms with Crippen molar-refractivity contribution >= 4 is 17.4 Å². The van der Waals surface area contributed by atoms with E-state index in [1.807, 2.05) is 6.07 Å². The van der Waals surface area contributed by atoms with Gasteiger partial charge in [-0.25, -0.2) is 9.97 Å². The number of aromatic nitrogens is 2. The third kappa shape index (κ3) is 2.62. The van der Waals surface area contributed by atoms with Gasteiger partial charge >= 0.3 is 0 Å². The summed E-state index contributed by atoms with van der Waals surface area (Å²) in [5.74, 6) is 0.774. The minimum Gasteiger partial charge on any atom is -0.344 e. The average Bonchev–Trinajstić information content (AvgIpc) is 2.49. The summed E-state index contributed by atoms with van der Waals surface area (Å²) in [6, 6.07) is 10.7. The fourth-order valence-corrected chi connectivity index (χ4v) is 2.85. The minimum absolute atomic E-state index is 0.254. The van der Waals surface area contributed by atoms with E-state index in [9.17, 15) is 0 Å². The highest BCUT2D eigenvalue weighted by Gasteiger charge is 2.29. The van der Waals surface area contributed by atoms with E-state index in [1.165, 1.54) is 5.56 Å². The summed E-state index contributed by atoms with van der Waals surface area (Å²) < 4.78 is 0. The Balaban J connectivity index is 1.97. The van der Waals surface area contributed by atoms with E-state index in [0.29, 0.717) is 5.15 Å².